The molecule has 0 radical (unpaired) electrons. The van der Waals surface area contributed by atoms with Crippen molar-refractivity contribution in [2.45, 2.75) is 39.7 Å². The molecule has 90 valence electrons. The van der Waals surface area contributed by atoms with Crippen molar-refractivity contribution in [2.75, 3.05) is 13.2 Å². The van der Waals surface area contributed by atoms with Gasteiger partial charge in [0.15, 0.2) is 0 Å². The topological polar surface area (TPSA) is 58.3 Å². The highest BCUT2D eigenvalue weighted by molar-refractivity contribution is 5.05. The van der Waals surface area contributed by atoms with E-state index < -0.39 is 0 Å². The molecule has 0 spiro atoms. The molecule has 4 heteroatoms. The van der Waals surface area contributed by atoms with Crippen LogP contribution in [0.2, 0.25) is 0 Å². The number of oxazole rings is 1. The average molecular weight is 224 g/mol. The Morgan fingerprint density at radius 2 is 2.19 bits per heavy atom. The highest BCUT2D eigenvalue weighted by Gasteiger charge is 2.41. The van der Waals surface area contributed by atoms with Crippen LogP contribution >= 0.6 is 0 Å². The first-order chi connectivity index (χ1) is 7.65. The van der Waals surface area contributed by atoms with E-state index in [-0.39, 0.29) is 0 Å². The fourth-order valence-corrected chi connectivity index (χ4v) is 1.98. The van der Waals surface area contributed by atoms with Crippen molar-refractivity contribution < 1.29 is 9.52 Å². The zero-order valence-corrected chi connectivity index (χ0v) is 10.0. The highest BCUT2D eigenvalue weighted by Crippen LogP contribution is 2.47. The number of nitrogens with zero attached hydrogens (tertiary/aromatic N) is 1. The lowest BCUT2D eigenvalue weighted by atomic mass is 10.0. The van der Waals surface area contributed by atoms with E-state index in [1.807, 2.05) is 13.8 Å². The third-order valence-electron chi connectivity index (χ3n) is 3.45. The minimum atomic E-state index is 0.291. The van der Waals surface area contributed by atoms with Gasteiger partial charge in [0.2, 0.25) is 5.89 Å². The van der Waals surface area contributed by atoms with E-state index in [0.29, 0.717) is 18.6 Å². The van der Waals surface area contributed by atoms with Gasteiger partial charge in [-0.1, -0.05) is 0 Å². The zero-order chi connectivity index (χ0) is 11.6. The molecule has 1 heterocycles. The number of hydrogen-bond donors (Lipinski definition) is 2. The van der Waals surface area contributed by atoms with Gasteiger partial charge >= 0.3 is 0 Å². The summed E-state index contributed by atoms with van der Waals surface area (Å²) in [6.45, 7) is 5.81. The molecule has 0 unspecified atom stereocenters. The second kappa shape index (κ2) is 4.55. The molecular weight excluding hydrogens is 204 g/mol. The third-order valence-corrected chi connectivity index (χ3v) is 3.45. The Morgan fingerprint density at radius 1 is 1.44 bits per heavy atom. The Hall–Kier alpha value is -0.870. The lowest BCUT2D eigenvalue weighted by Crippen LogP contribution is -2.24. The van der Waals surface area contributed by atoms with Crippen molar-refractivity contribution >= 4 is 0 Å². The van der Waals surface area contributed by atoms with Gasteiger partial charge in [0, 0.05) is 13.2 Å². The molecule has 0 aromatic carbocycles. The van der Waals surface area contributed by atoms with Gasteiger partial charge in [0.1, 0.15) is 5.76 Å². The molecular formula is C12H20N2O2. The van der Waals surface area contributed by atoms with Gasteiger partial charge < -0.3 is 14.8 Å². The lowest BCUT2D eigenvalue weighted by molar-refractivity contribution is 0.244. The summed E-state index contributed by atoms with van der Waals surface area (Å²) in [6, 6.07) is 0. The molecule has 1 aromatic rings. The van der Waals surface area contributed by atoms with Gasteiger partial charge in [-0.05, 0) is 38.5 Å². The number of nitrogens with one attached hydrogen (secondary N) is 1. The van der Waals surface area contributed by atoms with Gasteiger partial charge in [0.25, 0.3) is 0 Å². The van der Waals surface area contributed by atoms with Crippen LogP contribution in [-0.2, 0) is 6.54 Å². The highest BCUT2D eigenvalue weighted by atomic mass is 16.4. The second-order valence-electron chi connectivity index (χ2n) is 4.83. The number of rotatable bonds is 6. The summed E-state index contributed by atoms with van der Waals surface area (Å²) >= 11 is 0. The first kappa shape index (κ1) is 11.6. The standard InChI is InChI=1S/C12H20N2O2/c1-9-10(2)16-11(14-9)7-13-8-12(3-4-12)5-6-15/h13,15H,3-8H2,1-2H3. The van der Waals surface area contributed by atoms with E-state index in [1.165, 1.54) is 12.8 Å². The van der Waals surface area contributed by atoms with Crippen LogP contribution in [0.1, 0.15) is 36.6 Å². The predicted molar refractivity (Wildman–Crippen MR) is 61.1 cm³/mol. The largest absolute Gasteiger partial charge is 0.444 e. The SMILES string of the molecule is Cc1nc(CNCC2(CCO)CC2)oc1C. The zero-order valence-electron chi connectivity index (χ0n) is 10.0. The normalized spacial score (nSPS) is 17.7. The quantitative estimate of drug-likeness (QED) is 0.769. The maximum absolute atomic E-state index is 8.94. The summed E-state index contributed by atoms with van der Waals surface area (Å²) in [5.41, 5.74) is 1.32. The van der Waals surface area contributed by atoms with E-state index in [9.17, 15) is 0 Å². The van der Waals surface area contributed by atoms with Gasteiger partial charge in [-0.15, -0.1) is 0 Å². The Morgan fingerprint density at radius 3 is 2.69 bits per heavy atom. The van der Waals surface area contributed by atoms with Crippen molar-refractivity contribution in [2.24, 2.45) is 5.41 Å². The monoisotopic (exact) mass is 224 g/mol. The summed E-state index contributed by atoms with van der Waals surface area (Å²) in [5.74, 6) is 1.66. The molecule has 1 saturated carbocycles. The van der Waals surface area contributed by atoms with Gasteiger partial charge in [-0.3, -0.25) is 0 Å². The third kappa shape index (κ3) is 2.62. The fourth-order valence-electron chi connectivity index (χ4n) is 1.98. The Labute approximate surface area is 96.1 Å². The molecule has 0 saturated heterocycles. The number of aliphatic hydroxyl groups excluding tert-OH is 1. The molecule has 1 aliphatic carbocycles. The summed E-state index contributed by atoms with van der Waals surface area (Å²) in [4.78, 5) is 4.32. The summed E-state index contributed by atoms with van der Waals surface area (Å²) in [6.07, 6.45) is 3.36. The van der Waals surface area contributed by atoms with Gasteiger partial charge in [-0.2, -0.15) is 0 Å². The molecule has 2 N–H and O–H groups in total. The van der Waals surface area contributed by atoms with Crippen LogP contribution in [0, 0.1) is 19.3 Å². The number of hydrogen-bond acceptors (Lipinski definition) is 4. The van der Waals surface area contributed by atoms with E-state index >= 15 is 0 Å². The summed E-state index contributed by atoms with van der Waals surface area (Å²) in [5, 5.41) is 12.3. The fraction of sp³-hybridized carbons (Fsp3) is 0.750. The van der Waals surface area contributed by atoms with Crippen molar-refractivity contribution in [3.05, 3.63) is 17.3 Å². The van der Waals surface area contributed by atoms with Crippen LogP contribution < -0.4 is 5.32 Å². The van der Waals surface area contributed by atoms with E-state index in [1.54, 1.807) is 0 Å². The van der Waals surface area contributed by atoms with Crippen LogP contribution in [0.5, 0.6) is 0 Å². The molecule has 16 heavy (non-hydrogen) atoms. The molecule has 1 fully saturated rings. The molecule has 1 aliphatic rings. The van der Waals surface area contributed by atoms with Crippen LogP contribution in [0.4, 0.5) is 0 Å². The summed E-state index contributed by atoms with van der Waals surface area (Å²) in [7, 11) is 0. The van der Waals surface area contributed by atoms with Crippen molar-refractivity contribution in [1.82, 2.24) is 10.3 Å². The Kier molecular flexibility index (Phi) is 3.30. The van der Waals surface area contributed by atoms with Gasteiger partial charge in [0.05, 0.1) is 12.2 Å². The average Bonchev–Trinajstić information content (AvgIpc) is 2.91. The number of aromatic nitrogens is 1. The van der Waals surface area contributed by atoms with E-state index in [0.717, 1.165) is 30.3 Å². The maximum atomic E-state index is 8.94. The van der Waals surface area contributed by atoms with Crippen LogP contribution in [0.15, 0.2) is 4.42 Å². The van der Waals surface area contributed by atoms with Crippen molar-refractivity contribution in [3.63, 3.8) is 0 Å². The summed E-state index contributed by atoms with van der Waals surface area (Å²) < 4.78 is 5.49. The minimum absolute atomic E-state index is 0.291. The van der Waals surface area contributed by atoms with Crippen LogP contribution in [-0.4, -0.2) is 23.2 Å². The molecule has 2 rings (SSSR count). The molecule has 0 bridgehead atoms. The first-order valence-electron chi connectivity index (χ1n) is 5.90. The van der Waals surface area contributed by atoms with Crippen LogP contribution in [0.3, 0.4) is 0 Å². The van der Waals surface area contributed by atoms with Crippen LogP contribution in [0.25, 0.3) is 0 Å². The number of aryl methyl sites for hydroxylation is 2. The van der Waals surface area contributed by atoms with Crippen molar-refractivity contribution in [3.8, 4) is 0 Å². The predicted octanol–water partition coefficient (Wildman–Crippen LogP) is 1.54. The molecule has 0 amide bonds. The molecule has 4 nitrogen and oxygen atoms in total. The molecule has 1 aromatic heterocycles. The first-order valence-corrected chi connectivity index (χ1v) is 5.90. The second-order valence-corrected chi connectivity index (χ2v) is 4.83. The van der Waals surface area contributed by atoms with E-state index in [2.05, 4.69) is 10.3 Å². The maximum Gasteiger partial charge on any atom is 0.208 e. The lowest BCUT2D eigenvalue weighted by Gasteiger charge is -2.13. The Balaban J connectivity index is 1.76. The molecule has 0 aliphatic heterocycles. The minimum Gasteiger partial charge on any atom is -0.444 e. The Bertz CT molecular complexity index is 336. The van der Waals surface area contributed by atoms with E-state index in [4.69, 9.17) is 9.52 Å². The van der Waals surface area contributed by atoms with Crippen molar-refractivity contribution in [1.29, 1.82) is 0 Å². The van der Waals surface area contributed by atoms with Gasteiger partial charge in [-0.25, -0.2) is 4.98 Å². The molecule has 0 atom stereocenters. The smallest absolute Gasteiger partial charge is 0.208 e. The number of aliphatic hydroxyl groups is 1.